The van der Waals surface area contributed by atoms with Crippen LogP contribution in [0.3, 0.4) is 0 Å². The van der Waals surface area contributed by atoms with Gasteiger partial charge in [-0.05, 0) is 24.6 Å². The minimum Gasteiger partial charge on any atom is -0.358 e. The van der Waals surface area contributed by atoms with Gasteiger partial charge in [-0.2, -0.15) is 27.7 Å². The van der Waals surface area contributed by atoms with Crippen molar-refractivity contribution in [2.24, 2.45) is 0 Å². The lowest BCUT2D eigenvalue weighted by Crippen LogP contribution is -2.34. The molecule has 132 valence electrons. The number of hydrogen-bond acceptors (Lipinski definition) is 4. The van der Waals surface area contributed by atoms with Crippen LogP contribution in [0.15, 0.2) is 24.3 Å². The Hall–Kier alpha value is -1.77. The fraction of sp³-hybridized carbons (Fsp3) is 0.214. The van der Waals surface area contributed by atoms with Crippen LogP contribution in [0.1, 0.15) is 6.92 Å². The quantitative estimate of drug-likeness (QED) is 0.609. The van der Waals surface area contributed by atoms with Crippen LogP contribution in [-0.2, 0) is 0 Å². The molecule has 5 nitrogen and oxygen atoms in total. The Morgan fingerprint density at radius 2 is 1.80 bits per heavy atom. The third-order valence-corrected chi connectivity index (χ3v) is 4.17. The average Bonchev–Trinajstić information content (AvgIpc) is 2.87. The molecule has 3 rings (SSSR count). The van der Waals surface area contributed by atoms with E-state index in [-0.39, 0.29) is 27.6 Å². The second-order valence-electron chi connectivity index (χ2n) is 5.11. The van der Waals surface area contributed by atoms with Crippen molar-refractivity contribution < 1.29 is 13.2 Å². The molecule has 1 N–H and O–H groups in total. The molecule has 0 radical (unpaired) electrons. The number of fused-ring (bicyclic) bond motifs is 1. The maximum atomic E-state index is 13.0. The van der Waals surface area contributed by atoms with E-state index in [1.54, 1.807) is 24.3 Å². The van der Waals surface area contributed by atoms with E-state index in [2.05, 4.69) is 20.4 Å². The van der Waals surface area contributed by atoms with Crippen LogP contribution in [-0.4, -0.2) is 31.8 Å². The van der Waals surface area contributed by atoms with Gasteiger partial charge in [-0.25, -0.2) is 0 Å². The summed E-state index contributed by atoms with van der Waals surface area (Å²) in [4.78, 5) is 7.86. The van der Waals surface area contributed by atoms with Crippen molar-refractivity contribution in [3.8, 4) is 11.1 Å². The van der Waals surface area contributed by atoms with Crippen LogP contribution in [0.5, 0.6) is 0 Å². The SMILES string of the molecule is C[C@@H](Nc1c(-c2ccccc2Cl)c(Cl)nc2nc(Cl)nn12)C(F)(F)F. The molecule has 1 atom stereocenters. The molecule has 0 aliphatic heterocycles. The van der Waals surface area contributed by atoms with E-state index in [1.165, 1.54) is 0 Å². The maximum absolute atomic E-state index is 13.0. The summed E-state index contributed by atoms with van der Waals surface area (Å²) in [6.45, 7) is 0.967. The normalized spacial score (nSPS) is 13.2. The first-order valence-electron chi connectivity index (χ1n) is 6.88. The first kappa shape index (κ1) is 18.0. The lowest BCUT2D eigenvalue weighted by molar-refractivity contribution is -0.138. The Morgan fingerprint density at radius 1 is 1.12 bits per heavy atom. The number of hydrogen-bond donors (Lipinski definition) is 1. The molecule has 2 aromatic heterocycles. The Labute approximate surface area is 154 Å². The first-order chi connectivity index (χ1) is 11.7. The van der Waals surface area contributed by atoms with E-state index in [0.717, 1.165) is 11.4 Å². The lowest BCUT2D eigenvalue weighted by Gasteiger charge is -2.21. The predicted molar refractivity (Wildman–Crippen MR) is 90.4 cm³/mol. The van der Waals surface area contributed by atoms with Crippen molar-refractivity contribution in [1.82, 2.24) is 19.6 Å². The third-order valence-electron chi connectivity index (χ3n) is 3.40. The fourth-order valence-corrected chi connectivity index (χ4v) is 2.82. The zero-order valence-corrected chi connectivity index (χ0v) is 14.7. The Balaban J connectivity index is 2.30. The Morgan fingerprint density at radius 3 is 2.44 bits per heavy atom. The molecule has 25 heavy (non-hydrogen) atoms. The number of nitrogens with one attached hydrogen (secondary N) is 1. The number of benzene rings is 1. The molecule has 0 aliphatic rings. The van der Waals surface area contributed by atoms with Gasteiger partial charge < -0.3 is 5.32 Å². The molecule has 0 saturated carbocycles. The summed E-state index contributed by atoms with van der Waals surface area (Å²) < 4.78 is 40.2. The highest BCUT2D eigenvalue weighted by atomic mass is 35.5. The number of halogens is 6. The largest absolute Gasteiger partial charge is 0.408 e. The van der Waals surface area contributed by atoms with Gasteiger partial charge in [-0.3, -0.25) is 0 Å². The minimum atomic E-state index is -4.50. The van der Waals surface area contributed by atoms with Crippen molar-refractivity contribution >= 4 is 46.4 Å². The Kier molecular flexibility index (Phi) is 4.70. The zero-order chi connectivity index (χ0) is 18.4. The van der Waals surface area contributed by atoms with Crippen molar-refractivity contribution in [2.75, 3.05) is 5.32 Å². The smallest absolute Gasteiger partial charge is 0.358 e. The van der Waals surface area contributed by atoms with Gasteiger partial charge in [0.25, 0.3) is 5.78 Å². The molecule has 2 heterocycles. The van der Waals surface area contributed by atoms with Gasteiger partial charge in [0.2, 0.25) is 5.28 Å². The summed E-state index contributed by atoms with van der Waals surface area (Å²) in [5.41, 5.74) is 0.560. The topological polar surface area (TPSA) is 55.1 Å². The van der Waals surface area contributed by atoms with Crippen LogP contribution in [0, 0.1) is 0 Å². The highest BCUT2D eigenvalue weighted by Crippen LogP contribution is 2.39. The van der Waals surface area contributed by atoms with Crippen LogP contribution in [0.25, 0.3) is 16.9 Å². The molecule has 0 amide bonds. The Bertz CT molecular complexity index is 941. The molecule has 0 bridgehead atoms. The monoisotopic (exact) mass is 409 g/mol. The van der Waals surface area contributed by atoms with Gasteiger partial charge in [0.1, 0.15) is 17.0 Å². The molecule has 0 unspecified atom stereocenters. The fourth-order valence-electron chi connectivity index (χ4n) is 2.17. The first-order valence-corrected chi connectivity index (χ1v) is 8.02. The van der Waals surface area contributed by atoms with Crippen LogP contribution >= 0.6 is 34.8 Å². The van der Waals surface area contributed by atoms with E-state index in [0.29, 0.717) is 10.6 Å². The number of rotatable bonds is 3. The summed E-state index contributed by atoms with van der Waals surface area (Å²) >= 11 is 18.1. The molecule has 1 aromatic carbocycles. The number of nitrogens with zero attached hydrogens (tertiary/aromatic N) is 4. The molecule has 0 aliphatic carbocycles. The minimum absolute atomic E-state index is 0.0392. The second-order valence-corrected chi connectivity index (χ2v) is 6.21. The van der Waals surface area contributed by atoms with Crippen LogP contribution in [0.2, 0.25) is 15.5 Å². The molecule has 3 aromatic rings. The van der Waals surface area contributed by atoms with Crippen LogP contribution in [0.4, 0.5) is 19.0 Å². The van der Waals surface area contributed by atoms with Crippen molar-refractivity contribution in [1.29, 1.82) is 0 Å². The van der Waals surface area contributed by atoms with E-state index in [4.69, 9.17) is 34.8 Å². The van der Waals surface area contributed by atoms with Crippen molar-refractivity contribution in [3.05, 3.63) is 39.7 Å². The molecule has 0 fully saturated rings. The molecule has 0 spiro atoms. The van der Waals surface area contributed by atoms with Gasteiger partial charge in [0.05, 0.1) is 5.56 Å². The highest BCUT2D eigenvalue weighted by molar-refractivity contribution is 6.36. The van der Waals surface area contributed by atoms with Gasteiger partial charge >= 0.3 is 6.18 Å². The van der Waals surface area contributed by atoms with Crippen LogP contribution < -0.4 is 5.32 Å². The summed E-state index contributed by atoms with van der Waals surface area (Å²) in [5.74, 6) is -0.102. The van der Waals surface area contributed by atoms with Gasteiger partial charge in [-0.15, -0.1) is 5.10 Å². The summed E-state index contributed by atoms with van der Waals surface area (Å²) in [6.07, 6.45) is -4.50. The van der Waals surface area contributed by atoms with Crippen molar-refractivity contribution in [3.63, 3.8) is 0 Å². The van der Waals surface area contributed by atoms with Crippen molar-refractivity contribution in [2.45, 2.75) is 19.1 Å². The molecular formula is C14H9Cl3F3N5. The van der Waals surface area contributed by atoms with E-state index in [9.17, 15) is 13.2 Å². The predicted octanol–water partition coefficient (Wildman–Crippen LogP) is 5.11. The zero-order valence-electron chi connectivity index (χ0n) is 12.4. The molecule has 11 heteroatoms. The van der Waals surface area contributed by atoms with Gasteiger partial charge in [0, 0.05) is 10.6 Å². The molecular weight excluding hydrogens is 402 g/mol. The third kappa shape index (κ3) is 3.47. The lowest BCUT2D eigenvalue weighted by atomic mass is 10.1. The summed E-state index contributed by atoms with van der Waals surface area (Å²) in [6, 6.07) is 4.66. The van der Waals surface area contributed by atoms with Gasteiger partial charge in [-0.1, -0.05) is 41.4 Å². The van der Waals surface area contributed by atoms with E-state index >= 15 is 0 Å². The number of aromatic nitrogens is 4. The number of anilines is 1. The van der Waals surface area contributed by atoms with E-state index < -0.39 is 12.2 Å². The summed E-state index contributed by atoms with van der Waals surface area (Å²) in [5, 5.41) is 6.28. The standard InChI is InChI=1S/C14H9Cl3F3N5/c1-6(14(18,19)20)21-11-9(7-4-2-3-5-8(7)15)10(16)22-13-23-12(17)24-25(11)13/h2-6,21H,1H3/t6-/m1/s1. The highest BCUT2D eigenvalue weighted by Gasteiger charge is 2.37. The summed E-state index contributed by atoms with van der Waals surface area (Å²) in [7, 11) is 0. The maximum Gasteiger partial charge on any atom is 0.408 e. The van der Waals surface area contributed by atoms with E-state index in [1.807, 2.05) is 0 Å². The second kappa shape index (κ2) is 6.51. The molecule has 0 saturated heterocycles. The van der Waals surface area contributed by atoms with Gasteiger partial charge in [0.15, 0.2) is 0 Å². The average molecular weight is 411 g/mol. The number of alkyl halides is 3.